The zero-order valence-corrected chi connectivity index (χ0v) is 9.04. The first-order valence-electron chi connectivity index (χ1n) is 4.34. The van der Waals surface area contributed by atoms with E-state index >= 15 is 0 Å². The highest BCUT2D eigenvalue weighted by Crippen LogP contribution is 2.17. The molecule has 0 aliphatic carbocycles. The third kappa shape index (κ3) is 1.57. The molecule has 0 radical (unpaired) electrons. The van der Waals surface area contributed by atoms with E-state index in [1.807, 2.05) is 12.1 Å². The van der Waals surface area contributed by atoms with Crippen LogP contribution < -0.4 is 0 Å². The van der Waals surface area contributed by atoms with Crippen molar-refractivity contribution in [2.45, 2.75) is 6.42 Å². The van der Waals surface area contributed by atoms with Gasteiger partial charge in [-0.1, -0.05) is 15.9 Å². The van der Waals surface area contributed by atoms with E-state index in [9.17, 15) is 4.79 Å². The Balaban J connectivity index is 2.47. The van der Waals surface area contributed by atoms with E-state index in [1.54, 1.807) is 12.4 Å². The Labute approximate surface area is 89.7 Å². The summed E-state index contributed by atoms with van der Waals surface area (Å²) in [5.41, 5.74) is 1.50. The number of nitrogens with one attached hydrogen (secondary N) is 1. The molecular weight excluding hydrogens is 244 g/mol. The number of fused-ring (bicyclic) bond motifs is 1. The molecule has 0 aromatic carbocycles. The normalized spacial score (nSPS) is 10.6. The summed E-state index contributed by atoms with van der Waals surface area (Å²) in [7, 11) is 0. The van der Waals surface area contributed by atoms with E-state index in [0.29, 0.717) is 11.8 Å². The number of pyridine rings is 1. The largest absolute Gasteiger partial charge is 0.345 e. The van der Waals surface area contributed by atoms with Crippen molar-refractivity contribution >= 4 is 32.7 Å². The molecule has 1 N–H and O–H groups in total. The second kappa shape index (κ2) is 3.92. The number of Topliss-reactive ketones (excluding diaryl/α,β-unsaturated/α-hetero) is 1. The van der Waals surface area contributed by atoms with Gasteiger partial charge in [0.25, 0.3) is 0 Å². The van der Waals surface area contributed by atoms with Crippen molar-refractivity contribution in [2.75, 3.05) is 5.33 Å². The Morgan fingerprint density at radius 2 is 2.43 bits per heavy atom. The lowest BCUT2D eigenvalue weighted by Crippen LogP contribution is -1.97. The van der Waals surface area contributed by atoms with E-state index < -0.39 is 0 Å². The fourth-order valence-electron chi connectivity index (χ4n) is 1.41. The predicted molar refractivity (Wildman–Crippen MR) is 58.8 cm³/mol. The minimum Gasteiger partial charge on any atom is -0.345 e. The number of ketones is 1. The first-order chi connectivity index (χ1) is 6.83. The quantitative estimate of drug-likeness (QED) is 0.674. The van der Waals surface area contributed by atoms with Crippen LogP contribution >= 0.6 is 15.9 Å². The van der Waals surface area contributed by atoms with E-state index in [1.165, 1.54) is 0 Å². The fraction of sp³-hybridized carbons (Fsp3) is 0.200. The van der Waals surface area contributed by atoms with Crippen molar-refractivity contribution < 1.29 is 4.79 Å². The molecule has 0 unspecified atom stereocenters. The first kappa shape index (κ1) is 9.40. The molecule has 14 heavy (non-hydrogen) atoms. The van der Waals surface area contributed by atoms with Crippen LogP contribution in [0.5, 0.6) is 0 Å². The maximum atomic E-state index is 11.6. The topological polar surface area (TPSA) is 45.8 Å². The number of halogens is 1. The minimum atomic E-state index is 0.140. The Bertz CT molecular complexity index is 464. The van der Waals surface area contributed by atoms with Gasteiger partial charge in [0.05, 0.1) is 0 Å². The fourth-order valence-corrected chi connectivity index (χ4v) is 1.77. The average Bonchev–Trinajstić information content (AvgIpc) is 2.61. The smallest absolute Gasteiger partial charge is 0.165 e. The second-order valence-corrected chi connectivity index (χ2v) is 3.76. The second-order valence-electron chi connectivity index (χ2n) is 2.96. The van der Waals surface area contributed by atoms with Crippen LogP contribution in [0, 0.1) is 0 Å². The number of hydrogen-bond acceptors (Lipinski definition) is 2. The third-order valence-corrected chi connectivity index (χ3v) is 2.47. The lowest BCUT2D eigenvalue weighted by atomic mass is 10.1. The summed E-state index contributed by atoms with van der Waals surface area (Å²) in [6.07, 6.45) is 3.95. The first-order valence-corrected chi connectivity index (χ1v) is 5.46. The number of rotatable bonds is 3. The summed E-state index contributed by atoms with van der Waals surface area (Å²) >= 11 is 3.25. The van der Waals surface area contributed by atoms with Gasteiger partial charge in [0, 0.05) is 35.1 Å². The van der Waals surface area contributed by atoms with Gasteiger partial charge in [-0.15, -0.1) is 0 Å². The van der Waals surface area contributed by atoms with Gasteiger partial charge in [0.1, 0.15) is 5.65 Å². The summed E-state index contributed by atoms with van der Waals surface area (Å²) < 4.78 is 0. The van der Waals surface area contributed by atoms with Crippen LogP contribution in [0.15, 0.2) is 24.5 Å². The Morgan fingerprint density at radius 1 is 1.57 bits per heavy atom. The molecule has 0 aliphatic heterocycles. The molecule has 2 aromatic rings. The van der Waals surface area contributed by atoms with Gasteiger partial charge in [0.15, 0.2) is 5.78 Å². The summed E-state index contributed by atoms with van der Waals surface area (Å²) in [6, 6.07) is 3.74. The number of hydrogen-bond donors (Lipinski definition) is 1. The number of carbonyl (C=O) groups excluding carboxylic acids is 1. The number of H-pyrrole nitrogens is 1. The maximum absolute atomic E-state index is 11.6. The van der Waals surface area contributed by atoms with Crippen LogP contribution in [0.4, 0.5) is 0 Å². The zero-order chi connectivity index (χ0) is 9.97. The highest BCUT2D eigenvalue weighted by Gasteiger charge is 2.10. The monoisotopic (exact) mass is 252 g/mol. The lowest BCUT2D eigenvalue weighted by Gasteiger charge is -1.94. The SMILES string of the molecule is O=C(CCBr)c1c[nH]c2ncccc12. The van der Waals surface area contributed by atoms with Gasteiger partial charge in [0.2, 0.25) is 0 Å². The van der Waals surface area contributed by atoms with Crippen LogP contribution in [0.2, 0.25) is 0 Å². The lowest BCUT2D eigenvalue weighted by molar-refractivity contribution is 0.0991. The van der Waals surface area contributed by atoms with Crippen molar-refractivity contribution in [1.29, 1.82) is 0 Å². The number of nitrogens with zero attached hydrogens (tertiary/aromatic N) is 1. The predicted octanol–water partition coefficient (Wildman–Crippen LogP) is 2.53. The van der Waals surface area contributed by atoms with Crippen LogP contribution in [0.3, 0.4) is 0 Å². The molecule has 2 heterocycles. The van der Waals surface area contributed by atoms with E-state index in [0.717, 1.165) is 16.6 Å². The van der Waals surface area contributed by atoms with Gasteiger partial charge >= 0.3 is 0 Å². The minimum absolute atomic E-state index is 0.140. The summed E-state index contributed by atoms with van der Waals surface area (Å²) in [4.78, 5) is 18.7. The van der Waals surface area contributed by atoms with E-state index in [2.05, 4.69) is 25.9 Å². The van der Waals surface area contributed by atoms with Gasteiger partial charge in [-0.05, 0) is 12.1 Å². The highest BCUT2D eigenvalue weighted by atomic mass is 79.9. The molecular formula is C10H9BrN2O. The number of aromatic amines is 1. The van der Waals surface area contributed by atoms with Crippen molar-refractivity contribution in [2.24, 2.45) is 0 Å². The third-order valence-electron chi connectivity index (χ3n) is 2.07. The van der Waals surface area contributed by atoms with Crippen LogP contribution in [0.25, 0.3) is 11.0 Å². The molecule has 2 aromatic heterocycles. The molecule has 0 atom stereocenters. The van der Waals surface area contributed by atoms with Gasteiger partial charge in [-0.2, -0.15) is 0 Å². The average molecular weight is 253 g/mol. The Hall–Kier alpha value is -1.16. The molecule has 2 rings (SSSR count). The standard InChI is InChI=1S/C10H9BrN2O/c11-4-3-9(14)8-6-13-10-7(8)2-1-5-12-10/h1-2,5-6H,3-4H2,(H,12,13). The summed E-state index contributed by atoms with van der Waals surface area (Å²) in [5, 5.41) is 1.59. The molecule has 0 saturated carbocycles. The molecule has 72 valence electrons. The molecule has 0 amide bonds. The van der Waals surface area contributed by atoms with Gasteiger partial charge < -0.3 is 4.98 Å². The van der Waals surface area contributed by atoms with E-state index in [4.69, 9.17) is 0 Å². The van der Waals surface area contributed by atoms with Gasteiger partial charge in [-0.25, -0.2) is 4.98 Å². The molecule has 0 spiro atoms. The van der Waals surface area contributed by atoms with Crippen molar-refractivity contribution in [1.82, 2.24) is 9.97 Å². The molecule has 0 aliphatic rings. The van der Waals surface area contributed by atoms with Crippen molar-refractivity contribution in [3.63, 3.8) is 0 Å². The number of aromatic nitrogens is 2. The molecule has 3 nitrogen and oxygen atoms in total. The summed E-state index contributed by atoms with van der Waals surface area (Å²) in [6.45, 7) is 0. The van der Waals surface area contributed by atoms with E-state index in [-0.39, 0.29) is 5.78 Å². The molecule has 4 heteroatoms. The summed E-state index contributed by atoms with van der Waals surface area (Å²) in [5.74, 6) is 0.140. The Morgan fingerprint density at radius 3 is 3.21 bits per heavy atom. The zero-order valence-electron chi connectivity index (χ0n) is 7.46. The maximum Gasteiger partial charge on any atom is 0.165 e. The van der Waals surface area contributed by atoms with Crippen LogP contribution in [-0.4, -0.2) is 21.1 Å². The van der Waals surface area contributed by atoms with Gasteiger partial charge in [-0.3, -0.25) is 4.79 Å². The Kier molecular flexibility index (Phi) is 2.63. The molecule has 0 fully saturated rings. The van der Waals surface area contributed by atoms with Crippen LogP contribution in [-0.2, 0) is 0 Å². The molecule has 0 saturated heterocycles. The van der Waals surface area contributed by atoms with Crippen molar-refractivity contribution in [3.05, 3.63) is 30.1 Å². The van der Waals surface area contributed by atoms with Crippen LogP contribution in [0.1, 0.15) is 16.8 Å². The highest BCUT2D eigenvalue weighted by molar-refractivity contribution is 9.09. The number of carbonyl (C=O) groups is 1. The number of alkyl halides is 1. The van der Waals surface area contributed by atoms with Crippen molar-refractivity contribution in [3.8, 4) is 0 Å². The molecule has 0 bridgehead atoms.